The minimum absolute atomic E-state index is 0.0483. The number of para-hydroxylation sites is 2. The van der Waals surface area contributed by atoms with E-state index >= 15 is 0 Å². The predicted molar refractivity (Wildman–Crippen MR) is 127 cm³/mol. The van der Waals surface area contributed by atoms with Crippen LogP contribution in [0.5, 0.6) is 11.5 Å². The van der Waals surface area contributed by atoms with Crippen LogP contribution in [0.25, 0.3) is 0 Å². The highest BCUT2D eigenvalue weighted by atomic mass is 16.5. The summed E-state index contributed by atoms with van der Waals surface area (Å²) in [6, 6.07) is 23.9. The van der Waals surface area contributed by atoms with Crippen molar-refractivity contribution in [3.05, 3.63) is 95.8 Å². The first kappa shape index (κ1) is 20.2. The molecule has 162 valence electrons. The molecule has 3 atom stereocenters. The molecule has 0 amide bonds. The molecular weight excluding hydrogens is 400 g/mol. The van der Waals surface area contributed by atoms with Gasteiger partial charge in [-0.2, -0.15) is 0 Å². The Kier molecular flexibility index (Phi) is 5.31. The summed E-state index contributed by atoms with van der Waals surface area (Å²) >= 11 is 0. The Morgan fingerprint density at radius 3 is 2.44 bits per heavy atom. The number of methoxy groups -OCH3 is 2. The fraction of sp³-hybridized carbons (Fsp3) is 0.222. The number of aliphatic imine (C=N–C) groups is 1. The molecule has 5 rings (SSSR count). The number of benzene rings is 3. The van der Waals surface area contributed by atoms with Gasteiger partial charge in [0.25, 0.3) is 0 Å². The van der Waals surface area contributed by atoms with Gasteiger partial charge in [-0.15, -0.1) is 0 Å². The third-order valence-electron chi connectivity index (χ3n) is 6.29. The van der Waals surface area contributed by atoms with Gasteiger partial charge in [-0.25, -0.2) is 0 Å². The predicted octanol–water partition coefficient (Wildman–Crippen LogP) is 6.19. The highest BCUT2D eigenvalue weighted by Crippen LogP contribution is 2.45. The van der Waals surface area contributed by atoms with Crippen molar-refractivity contribution in [1.82, 2.24) is 0 Å². The van der Waals surface area contributed by atoms with Crippen LogP contribution in [-0.4, -0.2) is 25.0 Å². The lowest BCUT2D eigenvalue weighted by atomic mass is 9.77. The first-order valence-electron chi connectivity index (χ1n) is 10.8. The van der Waals surface area contributed by atoms with Crippen LogP contribution in [0.1, 0.15) is 29.5 Å². The topological polar surface area (TPSA) is 63.1 Å². The second-order valence-electron chi connectivity index (χ2n) is 8.17. The summed E-state index contributed by atoms with van der Waals surface area (Å²) < 4.78 is 10.8. The summed E-state index contributed by atoms with van der Waals surface area (Å²) in [6.45, 7) is 0. The van der Waals surface area contributed by atoms with E-state index in [4.69, 9.17) is 14.5 Å². The minimum Gasteiger partial charge on any atom is -0.512 e. The Morgan fingerprint density at radius 2 is 1.66 bits per heavy atom. The molecule has 32 heavy (non-hydrogen) atoms. The van der Waals surface area contributed by atoms with Crippen molar-refractivity contribution in [2.75, 3.05) is 19.5 Å². The third kappa shape index (κ3) is 3.71. The number of ether oxygens (including phenoxy) is 2. The average molecular weight is 427 g/mol. The Hall–Kier alpha value is -3.73. The normalized spacial score (nSPS) is 21.8. The molecule has 5 nitrogen and oxygen atoms in total. The molecule has 3 aromatic rings. The summed E-state index contributed by atoms with van der Waals surface area (Å²) in [4.78, 5) is 5.04. The van der Waals surface area contributed by atoms with Gasteiger partial charge in [-0.1, -0.05) is 36.4 Å². The fourth-order valence-electron chi connectivity index (χ4n) is 4.64. The number of aliphatic hydroxyl groups excluding tert-OH is 1. The van der Waals surface area contributed by atoms with Crippen molar-refractivity contribution < 1.29 is 14.6 Å². The molecule has 0 radical (unpaired) electrons. The lowest BCUT2D eigenvalue weighted by molar-refractivity contribution is 0.337. The second kappa shape index (κ2) is 8.42. The Balaban J connectivity index is 1.60. The van der Waals surface area contributed by atoms with E-state index in [0.29, 0.717) is 5.76 Å². The number of hydrogen-bond donors (Lipinski definition) is 2. The molecule has 5 heteroatoms. The number of rotatable bonds is 4. The van der Waals surface area contributed by atoms with Gasteiger partial charge in [0.05, 0.1) is 37.6 Å². The van der Waals surface area contributed by atoms with E-state index in [-0.39, 0.29) is 17.9 Å². The zero-order valence-corrected chi connectivity index (χ0v) is 18.2. The number of aliphatic hydroxyl groups is 1. The zero-order chi connectivity index (χ0) is 22.1. The van der Waals surface area contributed by atoms with Crippen molar-refractivity contribution in [2.24, 2.45) is 10.9 Å². The zero-order valence-electron chi connectivity index (χ0n) is 18.2. The number of nitrogens with zero attached hydrogens (tertiary/aromatic N) is 1. The molecule has 0 fully saturated rings. The van der Waals surface area contributed by atoms with E-state index in [1.54, 1.807) is 14.2 Å². The number of fused-ring (bicyclic) bond motifs is 2. The summed E-state index contributed by atoms with van der Waals surface area (Å²) in [7, 11) is 3.33. The molecule has 0 bridgehead atoms. The van der Waals surface area contributed by atoms with E-state index in [2.05, 4.69) is 23.5 Å². The van der Waals surface area contributed by atoms with Crippen molar-refractivity contribution in [3.63, 3.8) is 0 Å². The summed E-state index contributed by atoms with van der Waals surface area (Å²) in [5.41, 5.74) is 4.98. The first-order valence-corrected chi connectivity index (χ1v) is 10.8. The third-order valence-corrected chi connectivity index (χ3v) is 6.29. The van der Waals surface area contributed by atoms with E-state index in [9.17, 15) is 5.11 Å². The van der Waals surface area contributed by atoms with E-state index in [0.717, 1.165) is 46.1 Å². The van der Waals surface area contributed by atoms with Crippen LogP contribution in [0.4, 0.5) is 11.4 Å². The Bertz CT molecular complexity index is 1180. The number of nitrogens with one attached hydrogen (secondary N) is 1. The quantitative estimate of drug-likeness (QED) is 0.522. The van der Waals surface area contributed by atoms with Gasteiger partial charge in [0, 0.05) is 11.6 Å². The molecule has 2 N–H and O–H groups in total. The van der Waals surface area contributed by atoms with Crippen LogP contribution in [0, 0.1) is 5.92 Å². The molecule has 1 aliphatic carbocycles. The van der Waals surface area contributed by atoms with Gasteiger partial charge in [-0.05, 0) is 60.0 Å². The number of anilines is 1. The lowest BCUT2D eigenvalue weighted by Gasteiger charge is -2.33. The van der Waals surface area contributed by atoms with Gasteiger partial charge < -0.3 is 19.9 Å². The van der Waals surface area contributed by atoms with E-state index in [1.165, 1.54) is 0 Å². The van der Waals surface area contributed by atoms with Gasteiger partial charge >= 0.3 is 0 Å². The van der Waals surface area contributed by atoms with Crippen molar-refractivity contribution >= 4 is 17.1 Å². The molecule has 0 saturated carbocycles. The van der Waals surface area contributed by atoms with Crippen LogP contribution in [0.15, 0.2) is 89.6 Å². The monoisotopic (exact) mass is 426 g/mol. The highest BCUT2D eigenvalue weighted by Gasteiger charge is 2.38. The molecule has 1 aliphatic heterocycles. The maximum Gasteiger partial charge on any atom is 0.119 e. The van der Waals surface area contributed by atoms with Gasteiger partial charge in [-0.3, -0.25) is 4.99 Å². The first-order chi connectivity index (χ1) is 15.7. The SMILES string of the molecule is COc1ccc([C@@H]2C=C(O)[C@H]3C(=Nc4ccccc4N[C@H]3c3cccc(OC)c3)C2)cc1. The summed E-state index contributed by atoms with van der Waals surface area (Å²) in [5.74, 6) is 1.73. The molecular formula is C27H26N2O3. The lowest BCUT2D eigenvalue weighted by Crippen LogP contribution is -2.32. The largest absolute Gasteiger partial charge is 0.512 e. The van der Waals surface area contributed by atoms with Crippen molar-refractivity contribution in [2.45, 2.75) is 18.4 Å². The molecule has 2 aliphatic rings. The molecule has 0 unspecified atom stereocenters. The maximum atomic E-state index is 11.3. The maximum absolute atomic E-state index is 11.3. The van der Waals surface area contributed by atoms with Crippen LogP contribution < -0.4 is 14.8 Å². The standard InChI is InChI=1S/C27H26N2O3/c1-31-20-12-10-17(11-13-20)19-15-24-26(25(30)16-19)27(18-6-5-7-21(14-18)32-2)29-23-9-4-3-8-22(23)28-24/h3-14,16,19,26-27,29-30H,15H2,1-2H3/t19-,26+,27-/m0/s1. The summed E-state index contributed by atoms with van der Waals surface area (Å²) in [5, 5.41) is 14.9. The van der Waals surface area contributed by atoms with Crippen LogP contribution in [0.2, 0.25) is 0 Å². The van der Waals surface area contributed by atoms with Crippen LogP contribution in [-0.2, 0) is 0 Å². The molecule has 1 heterocycles. The van der Waals surface area contributed by atoms with Crippen molar-refractivity contribution in [3.8, 4) is 11.5 Å². The molecule has 0 aromatic heterocycles. The van der Waals surface area contributed by atoms with E-state index < -0.39 is 0 Å². The van der Waals surface area contributed by atoms with Crippen molar-refractivity contribution in [1.29, 1.82) is 0 Å². The smallest absolute Gasteiger partial charge is 0.119 e. The summed E-state index contributed by atoms with van der Waals surface area (Å²) in [6.07, 6.45) is 2.70. The van der Waals surface area contributed by atoms with Crippen LogP contribution in [0.3, 0.4) is 0 Å². The van der Waals surface area contributed by atoms with E-state index in [1.807, 2.05) is 60.7 Å². The number of allylic oxidation sites excluding steroid dienone is 1. The Morgan fingerprint density at radius 1 is 0.875 bits per heavy atom. The molecule has 0 spiro atoms. The minimum atomic E-state index is -0.260. The highest BCUT2D eigenvalue weighted by molar-refractivity contribution is 5.96. The molecule has 3 aromatic carbocycles. The van der Waals surface area contributed by atoms with Gasteiger partial charge in [0.2, 0.25) is 0 Å². The van der Waals surface area contributed by atoms with Crippen LogP contribution >= 0.6 is 0 Å². The Labute approximate surface area is 188 Å². The average Bonchev–Trinajstić information content (AvgIpc) is 3.01. The molecule has 0 saturated heterocycles. The van der Waals surface area contributed by atoms with Gasteiger partial charge in [0.15, 0.2) is 0 Å². The second-order valence-corrected chi connectivity index (χ2v) is 8.17. The van der Waals surface area contributed by atoms with Gasteiger partial charge in [0.1, 0.15) is 17.3 Å². The fourth-order valence-corrected chi connectivity index (χ4v) is 4.64. The number of hydrogen-bond acceptors (Lipinski definition) is 5.